The molecule has 2 aliphatic heterocycles. The Bertz CT molecular complexity index is 1360. The summed E-state index contributed by atoms with van der Waals surface area (Å²) in [6, 6.07) is 13.0. The maximum atomic E-state index is 14.8. The molecular weight excluding hydrogens is 481 g/mol. The van der Waals surface area contributed by atoms with Gasteiger partial charge in [0.05, 0.1) is 24.0 Å². The summed E-state index contributed by atoms with van der Waals surface area (Å²) in [6.07, 6.45) is 3.67. The van der Waals surface area contributed by atoms with E-state index in [1.54, 1.807) is 6.07 Å². The first-order valence-corrected chi connectivity index (χ1v) is 14.3. The van der Waals surface area contributed by atoms with Gasteiger partial charge in [0.1, 0.15) is 30.5 Å². The molecule has 1 aromatic heterocycles. The van der Waals surface area contributed by atoms with Crippen molar-refractivity contribution in [1.82, 2.24) is 9.88 Å². The van der Waals surface area contributed by atoms with E-state index in [-0.39, 0.29) is 19.0 Å². The number of anilines is 1. The number of aryl methyl sites for hydroxylation is 1. The number of piperidine rings is 1. The molecule has 7 nitrogen and oxygen atoms in total. The second-order valence-corrected chi connectivity index (χ2v) is 11.6. The van der Waals surface area contributed by atoms with Gasteiger partial charge in [-0.05, 0) is 81.1 Å². The zero-order valence-corrected chi connectivity index (χ0v) is 21.6. The molecule has 0 unspecified atom stereocenters. The first-order chi connectivity index (χ1) is 17.3. The van der Waals surface area contributed by atoms with Crippen molar-refractivity contribution in [2.24, 2.45) is 5.92 Å². The molecule has 0 atom stereocenters. The lowest BCUT2D eigenvalue weighted by molar-refractivity contribution is 0.155. The molecule has 9 heteroatoms. The highest BCUT2D eigenvalue weighted by molar-refractivity contribution is 7.92. The van der Waals surface area contributed by atoms with E-state index in [1.165, 1.54) is 16.6 Å². The fraction of sp³-hybridized carbons (Fsp3) is 0.444. The second-order valence-electron chi connectivity index (χ2n) is 9.71. The highest BCUT2D eigenvalue weighted by Crippen LogP contribution is 2.37. The molecule has 0 saturated carbocycles. The van der Waals surface area contributed by atoms with E-state index in [1.807, 2.05) is 31.2 Å². The zero-order chi connectivity index (χ0) is 25.3. The van der Waals surface area contributed by atoms with Crippen molar-refractivity contribution in [2.75, 3.05) is 50.0 Å². The zero-order valence-electron chi connectivity index (χ0n) is 20.7. The van der Waals surface area contributed by atoms with Crippen LogP contribution in [0.15, 0.2) is 42.5 Å². The van der Waals surface area contributed by atoms with Crippen LogP contribution in [0.5, 0.6) is 11.5 Å². The Labute approximate surface area is 211 Å². The fourth-order valence-corrected chi connectivity index (χ4v) is 6.03. The van der Waals surface area contributed by atoms with Gasteiger partial charge in [-0.15, -0.1) is 0 Å². The van der Waals surface area contributed by atoms with Crippen LogP contribution in [0, 0.1) is 18.7 Å². The van der Waals surface area contributed by atoms with Gasteiger partial charge in [0.2, 0.25) is 10.0 Å². The summed E-state index contributed by atoms with van der Waals surface area (Å²) in [7, 11) is -3.44. The average molecular weight is 514 g/mol. The number of rotatable bonds is 7. The normalized spacial score (nSPS) is 17.1. The van der Waals surface area contributed by atoms with Crippen molar-refractivity contribution in [2.45, 2.75) is 26.2 Å². The monoisotopic (exact) mass is 513 g/mol. The summed E-state index contributed by atoms with van der Waals surface area (Å²) < 4.78 is 52.1. The standard InChI is InChI=1S/C27H32FN3O4S/c1-19-6-7-22-24(29-19)4-3-5-26(22)34-14-12-30-10-8-20(9-11-30)16-21-17-25-27(18-23(21)28)35-15-13-31(25)36(2,32)33/h3-7,17-18,20H,8-16H2,1-2H3. The Morgan fingerprint density at radius 3 is 2.72 bits per heavy atom. The number of likely N-dealkylation sites (tertiary alicyclic amines) is 1. The molecule has 0 aliphatic carbocycles. The van der Waals surface area contributed by atoms with E-state index in [2.05, 4.69) is 16.0 Å². The highest BCUT2D eigenvalue weighted by atomic mass is 32.2. The van der Waals surface area contributed by atoms with Crippen LogP contribution in [0.3, 0.4) is 0 Å². The number of sulfonamides is 1. The van der Waals surface area contributed by atoms with Crippen LogP contribution in [0.1, 0.15) is 24.1 Å². The lowest BCUT2D eigenvalue weighted by Crippen LogP contribution is -2.38. The summed E-state index contributed by atoms with van der Waals surface area (Å²) in [6.45, 7) is 5.72. The van der Waals surface area contributed by atoms with Crippen LogP contribution < -0.4 is 13.8 Å². The molecular formula is C27H32FN3O4S. The minimum atomic E-state index is -3.44. The summed E-state index contributed by atoms with van der Waals surface area (Å²) in [4.78, 5) is 6.95. The number of pyridine rings is 1. The lowest BCUT2D eigenvalue weighted by Gasteiger charge is -2.33. The Kier molecular flexibility index (Phi) is 7.03. The van der Waals surface area contributed by atoms with E-state index in [4.69, 9.17) is 9.47 Å². The molecule has 0 radical (unpaired) electrons. The molecule has 1 saturated heterocycles. The Hall–Kier alpha value is -2.91. The molecule has 0 bridgehead atoms. The maximum absolute atomic E-state index is 14.8. The molecule has 5 rings (SSSR count). The van der Waals surface area contributed by atoms with Gasteiger partial charge in [0.15, 0.2) is 0 Å². The summed E-state index contributed by atoms with van der Waals surface area (Å²) in [5.74, 6) is 1.16. The van der Waals surface area contributed by atoms with Gasteiger partial charge in [0, 0.05) is 23.7 Å². The van der Waals surface area contributed by atoms with Crippen molar-refractivity contribution in [3.63, 3.8) is 0 Å². The van der Waals surface area contributed by atoms with E-state index in [9.17, 15) is 12.8 Å². The Morgan fingerprint density at radius 1 is 1.14 bits per heavy atom. The van der Waals surface area contributed by atoms with Crippen LogP contribution in [0.2, 0.25) is 0 Å². The second kappa shape index (κ2) is 10.2. The summed E-state index contributed by atoms with van der Waals surface area (Å²) >= 11 is 0. The van der Waals surface area contributed by atoms with Gasteiger partial charge >= 0.3 is 0 Å². The van der Waals surface area contributed by atoms with Gasteiger partial charge in [-0.1, -0.05) is 6.07 Å². The highest BCUT2D eigenvalue weighted by Gasteiger charge is 2.28. The van der Waals surface area contributed by atoms with Crippen LogP contribution >= 0.6 is 0 Å². The van der Waals surface area contributed by atoms with Crippen molar-refractivity contribution in [3.8, 4) is 11.5 Å². The van der Waals surface area contributed by atoms with Crippen molar-refractivity contribution in [1.29, 1.82) is 0 Å². The lowest BCUT2D eigenvalue weighted by atomic mass is 9.89. The predicted molar refractivity (Wildman–Crippen MR) is 139 cm³/mol. The topological polar surface area (TPSA) is 72.0 Å². The number of hydrogen-bond donors (Lipinski definition) is 0. The van der Waals surface area contributed by atoms with Crippen molar-refractivity contribution < 1.29 is 22.3 Å². The van der Waals surface area contributed by atoms with Gasteiger partial charge in [-0.2, -0.15) is 0 Å². The molecule has 1 fully saturated rings. The summed E-state index contributed by atoms with van der Waals surface area (Å²) in [5, 5.41) is 1.02. The number of hydrogen-bond acceptors (Lipinski definition) is 6. The van der Waals surface area contributed by atoms with Crippen LogP contribution in [-0.2, 0) is 16.4 Å². The number of halogens is 1. The van der Waals surface area contributed by atoms with E-state index >= 15 is 0 Å². The maximum Gasteiger partial charge on any atom is 0.232 e. The summed E-state index contributed by atoms with van der Waals surface area (Å²) in [5.41, 5.74) is 2.91. The predicted octanol–water partition coefficient (Wildman–Crippen LogP) is 4.17. The molecule has 2 aromatic carbocycles. The van der Waals surface area contributed by atoms with Gasteiger partial charge in [-0.25, -0.2) is 12.8 Å². The van der Waals surface area contributed by atoms with E-state index in [0.29, 0.717) is 35.9 Å². The van der Waals surface area contributed by atoms with Crippen molar-refractivity contribution in [3.05, 3.63) is 59.5 Å². The third-order valence-corrected chi connectivity index (χ3v) is 8.24. The molecule has 192 valence electrons. The molecule has 3 heterocycles. The number of ether oxygens (including phenoxy) is 2. The Morgan fingerprint density at radius 2 is 1.94 bits per heavy atom. The fourth-order valence-electron chi connectivity index (χ4n) is 5.12. The average Bonchev–Trinajstić information content (AvgIpc) is 2.84. The minimum Gasteiger partial charge on any atom is -0.492 e. The SMILES string of the molecule is Cc1ccc2c(OCCN3CCC(Cc4cc5c(cc4F)OCCN5S(C)(=O)=O)CC3)cccc2n1. The Balaban J connectivity index is 1.15. The van der Waals surface area contributed by atoms with Crippen LogP contribution in [0.25, 0.3) is 10.9 Å². The third kappa shape index (κ3) is 5.42. The molecule has 0 spiro atoms. The third-order valence-electron chi connectivity index (χ3n) is 7.06. The van der Waals surface area contributed by atoms with Gasteiger partial charge in [-0.3, -0.25) is 14.2 Å². The first kappa shape index (κ1) is 24.8. The van der Waals surface area contributed by atoms with Gasteiger partial charge < -0.3 is 9.47 Å². The number of aromatic nitrogens is 1. The molecule has 3 aromatic rings. The molecule has 0 N–H and O–H groups in total. The van der Waals surface area contributed by atoms with Crippen LogP contribution in [0.4, 0.5) is 10.1 Å². The first-order valence-electron chi connectivity index (χ1n) is 12.4. The smallest absolute Gasteiger partial charge is 0.232 e. The number of benzene rings is 2. The van der Waals surface area contributed by atoms with E-state index < -0.39 is 10.0 Å². The van der Waals surface area contributed by atoms with Crippen molar-refractivity contribution >= 4 is 26.6 Å². The minimum absolute atomic E-state index is 0.220. The molecule has 2 aliphatic rings. The molecule has 36 heavy (non-hydrogen) atoms. The van der Waals surface area contributed by atoms with Crippen LogP contribution in [-0.4, -0.2) is 64.0 Å². The number of nitrogens with zero attached hydrogens (tertiary/aromatic N) is 3. The van der Waals surface area contributed by atoms with Gasteiger partial charge in [0.25, 0.3) is 0 Å². The quantitative estimate of drug-likeness (QED) is 0.472. The van der Waals surface area contributed by atoms with E-state index in [0.717, 1.165) is 54.8 Å². The largest absolute Gasteiger partial charge is 0.492 e. The molecule has 0 amide bonds. The number of fused-ring (bicyclic) bond motifs is 2.